The number of carbonyl (C=O) groups excluding carboxylic acids is 1. The summed E-state index contributed by atoms with van der Waals surface area (Å²) >= 11 is 1.46. The lowest BCUT2D eigenvalue weighted by Gasteiger charge is -2.09. The Kier molecular flexibility index (Phi) is 3.41. The molecule has 1 aromatic rings. The Morgan fingerprint density at radius 2 is 2.14 bits per heavy atom. The largest absolute Gasteiger partial charge is 0.399 e. The van der Waals surface area contributed by atoms with Crippen LogP contribution in [0.15, 0.2) is 23.1 Å². The maximum atomic E-state index is 10.9. The molecule has 0 aliphatic carbocycles. The fraction of sp³-hybridized carbons (Fsp3) is 0.300. The summed E-state index contributed by atoms with van der Waals surface area (Å²) in [6.07, 6.45) is 0. The summed E-state index contributed by atoms with van der Waals surface area (Å²) in [6.45, 7) is 3.76. The monoisotopic (exact) mass is 210 g/mol. The third-order valence-electron chi connectivity index (χ3n) is 1.90. The normalized spacial score (nSPS) is 12.4. The number of hydrogen-bond acceptors (Lipinski definition) is 3. The average molecular weight is 210 g/mol. The van der Waals surface area contributed by atoms with E-state index in [0.29, 0.717) is 0 Å². The van der Waals surface area contributed by atoms with E-state index in [2.05, 4.69) is 0 Å². The number of aryl methyl sites for hydroxylation is 1. The summed E-state index contributed by atoms with van der Waals surface area (Å²) in [5.41, 5.74) is 12.6. The molecule has 1 unspecified atom stereocenters. The highest BCUT2D eigenvalue weighted by molar-refractivity contribution is 8.00. The first kappa shape index (κ1) is 10.9. The Morgan fingerprint density at radius 1 is 1.50 bits per heavy atom. The van der Waals surface area contributed by atoms with Crippen molar-refractivity contribution in [3.05, 3.63) is 23.8 Å². The van der Waals surface area contributed by atoms with Crippen molar-refractivity contribution in [1.82, 2.24) is 0 Å². The number of benzene rings is 1. The van der Waals surface area contributed by atoms with Crippen LogP contribution in [-0.4, -0.2) is 11.2 Å². The SMILES string of the molecule is Cc1cc(N)ccc1SC(C)C(N)=O. The van der Waals surface area contributed by atoms with Crippen LogP contribution < -0.4 is 11.5 Å². The Bertz CT molecular complexity index is 352. The zero-order valence-corrected chi connectivity index (χ0v) is 9.10. The molecule has 0 fully saturated rings. The molecule has 0 spiro atoms. The first-order valence-corrected chi connectivity index (χ1v) is 5.21. The van der Waals surface area contributed by atoms with Gasteiger partial charge in [0.05, 0.1) is 5.25 Å². The second-order valence-electron chi connectivity index (χ2n) is 3.19. The van der Waals surface area contributed by atoms with E-state index in [0.717, 1.165) is 16.1 Å². The molecule has 0 saturated heterocycles. The van der Waals surface area contributed by atoms with Crippen molar-refractivity contribution in [2.24, 2.45) is 5.73 Å². The maximum absolute atomic E-state index is 10.9. The lowest BCUT2D eigenvalue weighted by Crippen LogP contribution is -2.22. The van der Waals surface area contributed by atoms with Gasteiger partial charge in [-0.15, -0.1) is 11.8 Å². The van der Waals surface area contributed by atoms with Crippen LogP contribution in [0.2, 0.25) is 0 Å². The van der Waals surface area contributed by atoms with Crippen molar-refractivity contribution in [3.63, 3.8) is 0 Å². The van der Waals surface area contributed by atoms with Crippen LogP contribution in [0.3, 0.4) is 0 Å². The van der Waals surface area contributed by atoms with Crippen molar-refractivity contribution < 1.29 is 4.79 Å². The molecule has 1 aromatic carbocycles. The molecule has 0 heterocycles. The molecule has 76 valence electrons. The molecule has 4 N–H and O–H groups in total. The van der Waals surface area contributed by atoms with Gasteiger partial charge in [-0.3, -0.25) is 4.79 Å². The second-order valence-corrected chi connectivity index (χ2v) is 4.57. The van der Waals surface area contributed by atoms with E-state index in [1.54, 1.807) is 6.92 Å². The number of rotatable bonds is 3. The Hall–Kier alpha value is -1.16. The lowest BCUT2D eigenvalue weighted by molar-refractivity contribution is -0.117. The van der Waals surface area contributed by atoms with Gasteiger partial charge < -0.3 is 11.5 Å². The number of anilines is 1. The van der Waals surface area contributed by atoms with E-state index in [1.165, 1.54) is 11.8 Å². The van der Waals surface area contributed by atoms with Gasteiger partial charge in [-0.05, 0) is 37.6 Å². The minimum atomic E-state index is -0.300. The second kappa shape index (κ2) is 4.37. The molecule has 14 heavy (non-hydrogen) atoms. The van der Waals surface area contributed by atoms with Crippen molar-refractivity contribution in [2.45, 2.75) is 24.0 Å². The van der Waals surface area contributed by atoms with Gasteiger partial charge >= 0.3 is 0 Å². The van der Waals surface area contributed by atoms with Crippen molar-refractivity contribution in [3.8, 4) is 0 Å². The van der Waals surface area contributed by atoms with Gasteiger partial charge in [0.15, 0.2) is 0 Å². The highest BCUT2D eigenvalue weighted by Crippen LogP contribution is 2.27. The van der Waals surface area contributed by atoms with E-state index in [9.17, 15) is 4.79 Å². The molecule has 3 nitrogen and oxygen atoms in total. The van der Waals surface area contributed by atoms with Crippen molar-refractivity contribution >= 4 is 23.4 Å². The quantitative estimate of drug-likeness (QED) is 0.587. The number of thioether (sulfide) groups is 1. The first-order valence-electron chi connectivity index (χ1n) is 4.33. The van der Waals surface area contributed by atoms with Crippen LogP contribution in [0.5, 0.6) is 0 Å². The number of carbonyl (C=O) groups is 1. The highest BCUT2D eigenvalue weighted by atomic mass is 32.2. The van der Waals surface area contributed by atoms with Gasteiger partial charge in [0, 0.05) is 10.6 Å². The van der Waals surface area contributed by atoms with E-state index < -0.39 is 0 Å². The zero-order valence-electron chi connectivity index (χ0n) is 8.28. The summed E-state index contributed by atoms with van der Waals surface area (Å²) in [7, 11) is 0. The van der Waals surface area contributed by atoms with Crippen LogP contribution >= 0.6 is 11.8 Å². The van der Waals surface area contributed by atoms with E-state index in [1.807, 2.05) is 25.1 Å². The number of hydrogen-bond donors (Lipinski definition) is 2. The fourth-order valence-electron chi connectivity index (χ4n) is 1.05. The molecule has 1 atom stereocenters. The molecule has 0 radical (unpaired) electrons. The molecular formula is C10H14N2OS. The summed E-state index contributed by atoms with van der Waals surface area (Å²) in [5.74, 6) is -0.300. The molecule has 0 aromatic heterocycles. The lowest BCUT2D eigenvalue weighted by atomic mass is 10.2. The Morgan fingerprint density at radius 3 is 2.64 bits per heavy atom. The topological polar surface area (TPSA) is 69.1 Å². The zero-order chi connectivity index (χ0) is 10.7. The summed E-state index contributed by atoms with van der Waals surface area (Å²) in [4.78, 5) is 11.9. The number of nitrogen functional groups attached to an aromatic ring is 1. The Balaban J connectivity index is 2.82. The third-order valence-corrected chi connectivity index (χ3v) is 3.20. The van der Waals surface area contributed by atoms with Crippen LogP contribution in [0.4, 0.5) is 5.69 Å². The Labute approximate surface area is 87.9 Å². The molecule has 1 rings (SSSR count). The summed E-state index contributed by atoms with van der Waals surface area (Å²) < 4.78 is 0. The van der Waals surface area contributed by atoms with Crippen LogP contribution in [0.25, 0.3) is 0 Å². The maximum Gasteiger partial charge on any atom is 0.230 e. The standard InChI is InChI=1S/C10H14N2OS/c1-6-5-8(11)3-4-9(6)14-7(2)10(12)13/h3-5,7H,11H2,1-2H3,(H2,12,13). The molecule has 4 heteroatoms. The van der Waals surface area contributed by atoms with E-state index >= 15 is 0 Å². The van der Waals surface area contributed by atoms with Crippen LogP contribution in [-0.2, 0) is 4.79 Å². The molecule has 0 saturated carbocycles. The van der Waals surface area contributed by atoms with Crippen molar-refractivity contribution in [1.29, 1.82) is 0 Å². The van der Waals surface area contributed by atoms with Gasteiger partial charge in [0.2, 0.25) is 5.91 Å². The van der Waals surface area contributed by atoms with Crippen LogP contribution in [0, 0.1) is 6.92 Å². The highest BCUT2D eigenvalue weighted by Gasteiger charge is 2.11. The van der Waals surface area contributed by atoms with Gasteiger partial charge in [-0.25, -0.2) is 0 Å². The van der Waals surface area contributed by atoms with E-state index in [4.69, 9.17) is 11.5 Å². The minimum absolute atomic E-state index is 0.211. The van der Waals surface area contributed by atoms with E-state index in [-0.39, 0.29) is 11.2 Å². The minimum Gasteiger partial charge on any atom is -0.399 e. The van der Waals surface area contributed by atoms with Crippen LogP contribution in [0.1, 0.15) is 12.5 Å². The molecule has 0 aliphatic rings. The molecule has 1 amide bonds. The fourth-order valence-corrected chi connectivity index (χ4v) is 1.94. The molecule has 0 bridgehead atoms. The predicted molar refractivity (Wildman–Crippen MR) is 60.1 cm³/mol. The number of amides is 1. The smallest absolute Gasteiger partial charge is 0.230 e. The van der Waals surface area contributed by atoms with Gasteiger partial charge in [0.1, 0.15) is 0 Å². The van der Waals surface area contributed by atoms with Gasteiger partial charge in [-0.2, -0.15) is 0 Å². The number of primary amides is 1. The summed E-state index contributed by atoms with van der Waals surface area (Å²) in [5, 5.41) is -0.211. The van der Waals surface area contributed by atoms with Gasteiger partial charge in [-0.1, -0.05) is 0 Å². The molecular weight excluding hydrogens is 196 g/mol. The molecule has 0 aliphatic heterocycles. The predicted octanol–water partition coefficient (Wildman–Crippen LogP) is 1.54. The third kappa shape index (κ3) is 2.67. The van der Waals surface area contributed by atoms with Crippen molar-refractivity contribution in [2.75, 3.05) is 5.73 Å². The number of nitrogens with two attached hydrogens (primary N) is 2. The average Bonchev–Trinajstić information content (AvgIpc) is 2.09. The van der Waals surface area contributed by atoms with Gasteiger partial charge in [0.25, 0.3) is 0 Å². The first-order chi connectivity index (χ1) is 6.50. The summed E-state index contributed by atoms with van der Waals surface area (Å²) in [6, 6.07) is 5.62.